The molecule has 0 aromatic heterocycles. The van der Waals surface area contributed by atoms with Crippen molar-refractivity contribution < 1.29 is 14.7 Å². The van der Waals surface area contributed by atoms with Crippen molar-refractivity contribution in [2.24, 2.45) is 0 Å². The molecule has 5 nitrogen and oxygen atoms in total. The third-order valence-corrected chi connectivity index (χ3v) is 1.55. The third kappa shape index (κ3) is 3.71. The van der Waals surface area contributed by atoms with Crippen molar-refractivity contribution in [1.82, 2.24) is 10.4 Å². The van der Waals surface area contributed by atoms with Crippen molar-refractivity contribution in [3.63, 3.8) is 0 Å². The first kappa shape index (κ1) is 11.6. The van der Waals surface area contributed by atoms with Crippen LogP contribution in [0, 0.1) is 0 Å². The Morgan fingerprint density at radius 1 is 1.15 bits per heavy atom. The predicted molar refractivity (Wildman–Crippen MR) is 47.8 cm³/mol. The Kier molecular flexibility index (Phi) is 4.13. The molecule has 0 unspecified atom stereocenters. The van der Waals surface area contributed by atoms with E-state index in [2.05, 4.69) is 5.43 Å². The molecule has 0 radical (unpaired) electrons. The molecular formula is C8H14N2O3. The van der Waals surface area contributed by atoms with E-state index in [1.165, 1.54) is 18.9 Å². The van der Waals surface area contributed by atoms with Crippen molar-refractivity contribution in [3.05, 3.63) is 11.1 Å². The van der Waals surface area contributed by atoms with E-state index in [-0.39, 0.29) is 11.1 Å². The molecule has 74 valence electrons. The summed E-state index contributed by atoms with van der Waals surface area (Å²) in [6.45, 7) is 2.87. The Bertz CT molecular complexity index is 256. The van der Waals surface area contributed by atoms with Crippen molar-refractivity contribution in [2.45, 2.75) is 13.8 Å². The summed E-state index contributed by atoms with van der Waals surface area (Å²) in [7, 11) is 3.31. The maximum Gasteiger partial charge on any atom is 0.331 e. The first-order valence-corrected chi connectivity index (χ1v) is 3.75. The second-order valence-electron chi connectivity index (χ2n) is 2.89. The zero-order valence-corrected chi connectivity index (χ0v) is 8.21. The van der Waals surface area contributed by atoms with Crippen LogP contribution < -0.4 is 5.43 Å². The lowest BCUT2D eigenvalue weighted by Gasteiger charge is -2.12. The summed E-state index contributed by atoms with van der Waals surface area (Å²) in [5.74, 6) is -1.48. The van der Waals surface area contributed by atoms with Crippen LogP contribution in [0.5, 0.6) is 0 Å². The number of rotatable bonds is 3. The molecule has 2 N–H and O–H groups in total. The number of amides is 1. The van der Waals surface area contributed by atoms with Gasteiger partial charge in [0.1, 0.15) is 0 Å². The molecular weight excluding hydrogens is 172 g/mol. The molecule has 0 aromatic rings. The minimum absolute atomic E-state index is 0.0550. The van der Waals surface area contributed by atoms with Crippen molar-refractivity contribution in [1.29, 1.82) is 0 Å². The highest BCUT2D eigenvalue weighted by atomic mass is 16.4. The van der Waals surface area contributed by atoms with Crippen molar-refractivity contribution >= 4 is 11.9 Å². The summed E-state index contributed by atoms with van der Waals surface area (Å²) in [5, 5.41) is 10.0. The van der Waals surface area contributed by atoms with Gasteiger partial charge in [-0.25, -0.2) is 9.80 Å². The van der Waals surface area contributed by atoms with Crippen LogP contribution in [0.4, 0.5) is 0 Å². The number of hydrogen-bond donors (Lipinski definition) is 2. The monoisotopic (exact) mass is 186 g/mol. The van der Waals surface area contributed by atoms with Crippen LogP contribution in [0.15, 0.2) is 11.1 Å². The van der Waals surface area contributed by atoms with Gasteiger partial charge in [-0.3, -0.25) is 10.2 Å². The number of carboxylic acid groups (broad SMARTS) is 1. The average Bonchev–Trinajstić information content (AvgIpc) is 2.00. The SMILES string of the molecule is CC(C(=O)O)=C(C)C(=O)NN(C)C. The van der Waals surface area contributed by atoms with Crippen LogP contribution in [-0.2, 0) is 9.59 Å². The normalized spacial score (nSPS) is 12.4. The molecule has 1 amide bonds. The smallest absolute Gasteiger partial charge is 0.331 e. The number of hydrogen-bond acceptors (Lipinski definition) is 3. The van der Waals surface area contributed by atoms with Gasteiger partial charge < -0.3 is 5.11 Å². The van der Waals surface area contributed by atoms with E-state index in [0.29, 0.717) is 0 Å². The number of carbonyl (C=O) groups is 2. The van der Waals surface area contributed by atoms with E-state index >= 15 is 0 Å². The molecule has 0 aromatic carbocycles. The van der Waals surface area contributed by atoms with Gasteiger partial charge >= 0.3 is 5.97 Å². The third-order valence-electron chi connectivity index (χ3n) is 1.55. The number of nitrogens with zero attached hydrogens (tertiary/aromatic N) is 1. The first-order valence-electron chi connectivity index (χ1n) is 3.75. The topological polar surface area (TPSA) is 69.6 Å². The molecule has 0 rings (SSSR count). The van der Waals surface area contributed by atoms with Crippen LogP contribution in [0.25, 0.3) is 0 Å². The van der Waals surface area contributed by atoms with Gasteiger partial charge in [0, 0.05) is 25.2 Å². The molecule has 0 aliphatic carbocycles. The summed E-state index contributed by atoms with van der Waals surface area (Å²) < 4.78 is 0. The Labute approximate surface area is 77.0 Å². The number of carboxylic acids is 1. The first-order chi connectivity index (χ1) is 5.86. The van der Waals surface area contributed by atoms with Crippen molar-refractivity contribution in [3.8, 4) is 0 Å². The number of hydrazine groups is 1. The molecule has 0 spiro atoms. The van der Waals surface area contributed by atoms with Gasteiger partial charge in [-0.15, -0.1) is 0 Å². The zero-order chi connectivity index (χ0) is 10.6. The lowest BCUT2D eigenvalue weighted by molar-refractivity contribution is -0.133. The summed E-state index contributed by atoms with van der Waals surface area (Å²) in [5.41, 5.74) is 2.72. The van der Waals surface area contributed by atoms with Gasteiger partial charge in [-0.1, -0.05) is 0 Å². The number of carbonyl (C=O) groups excluding carboxylic acids is 1. The molecule has 0 saturated carbocycles. The van der Waals surface area contributed by atoms with Gasteiger partial charge in [-0.05, 0) is 13.8 Å². The van der Waals surface area contributed by atoms with E-state index in [1.807, 2.05) is 0 Å². The van der Waals surface area contributed by atoms with E-state index < -0.39 is 11.9 Å². The highest BCUT2D eigenvalue weighted by molar-refractivity contribution is 6.01. The fourth-order valence-corrected chi connectivity index (χ4v) is 0.618. The summed E-state index contributed by atoms with van der Waals surface area (Å²) in [6, 6.07) is 0. The van der Waals surface area contributed by atoms with Crippen LogP contribution >= 0.6 is 0 Å². The van der Waals surface area contributed by atoms with Gasteiger partial charge in [0.05, 0.1) is 0 Å². The van der Waals surface area contributed by atoms with Crippen LogP contribution in [0.2, 0.25) is 0 Å². The van der Waals surface area contributed by atoms with Crippen molar-refractivity contribution in [2.75, 3.05) is 14.1 Å². The summed E-state index contributed by atoms with van der Waals surface area (Å²) in [6.07, 6.45) is 0. The quantitative estimate of drug-likeness (QED) is 0.481. The van der Waals surface area contributed by atoms with Crippen LogP contribution in [0.1, 0.15) is 13.8 Å². The summed E-state index contributed by atoms with van der Waals surface area (Å²) in [4.78, 5) is 21.7. The summed E-state index contributed by atoms with van der Waals surface area (Å²) >= 11 is 0. The van der Waals surface area contributed by atoms with Gasteiger partial charge in [-0.2, -0.15) is 0 Å². The molecule has 13 heavy (non-hydrogen) atoms. The minimum atomic E-state index is -1.08. The number of nitrogens with one attached hydrogen (secondary N) is 1. The molecule has 0 bridgehead atoms. The Morgan fingerprint density at radius 3 is 1.92 bits per heavy atom. The lowest BCUT2D eigenvalue weighted by Crippen LogP contribution is -2.37. The van der Waals surface area contributed by atoms with E-state index in [1.54, 1.807) is 14.1 Å². The fourth-order valence-electron chi connectivity index (χ4n) is 0.618. The van der Waals surface area contributed by atoms with Gasteiger partial charge in [0.2, 0.25) is 0 Å². The molecule has 0 aliphatic heterocycles. The second kappa shape index (κ2) is 4.61. The van der Waals surface area contributed by atoms with Crippen LogP contribution in [0.3, 0.4) is 0 Å². The standard InChI is InChI=1S/C8H14N2O3/c1-5(6(2)8(12)13)7(11)9-10(3)4/h1-4H3,(H,9,11)(H,12,13). The van der Waals surface area contributed by atoms with E-state index in [0.717, 1.165) is 0 Å². The maximum absolute atomic E-state index is 11.2. The maximum atomic E-state index is 11.2. The van der Waals surface area contributed by atoms with Gasteiger partial charge in [0.25, 0.3) is 5.91 Å². The Balaban J connectivity index is 4.59. The highest BCUT2D eigenvalue weighted by Gasteiger charge is 2.12. The highest BCUT2D eigenvalue weighted by Crippen LogP contribution is 2.02. The molecule has 0 heterocycles. The molecule has 0 atom stereocenters. The Morgan fingerprint density at radius 2 is 1.62 bits per heavy atom. The largest absolute Gasteiger partial charge is 0.478 e. The molecule has 0 saturated heterocycles. The number of aliphatic carboxylic acids is 1. The second-order valence-corrected chi connectivity index (χ2v) is 2.89. The van der Waals surface area contributed by atoms with Gasteiger partial charge in [0.15, 0.2) is 0 Å². The average molecular weight is 186 g/mol. The molecule has 0 fully saturated rings. The van der Waals surface area contributed by atoms with E-state index in [9.17, 15) is 9.59 Å². The molecule has 0 aliphatic rings. The minimum Gasteiger partial charge on any atom is -0.478 e. The van der Waals surface area contributed by atoms with Crippen LogP contribution in [-0.4, -0.2) is 36.1 Å². The Hall–Kier alpha value is -1.36. The predicted octanol–water partition coefficient (Wildman–Crippen LogP) is 0.000200. The zero-order valence-electron chi connectivity index (χ0n) is 8.21. The fraction of sp³-hybridized carbons (Fsp3) is 0.500. The lowest BCUT2D eigenvalue weighted by atomic mass is 10.1. The van der Waals surface area contributed by atoms with E-state index in [4.69, 9.17) is 5.11 Å². The molecule has 5 heteroatoms.